The van der Waals surface area contributed by atoms with Gasteiger partial charge < -0.3 is 15.0 Å². The zero-order valence-corrected chi connectivity index (χ0v) is 13.3. The van der Waals surface area contributed by atoms with Crippen LogP contribution in [0.3, 0.4) is 0 Å². The number of nitrogens with one attached hydrogen (secondary N) is 1. The van der Waals surface area contributed by atoms with Crippen LogP contribution in [0, 0.1) is 0 Å². The normalized spacial score (nSPS) is 24.3. The van der Waals surface area contributed by atoms with Gasteiger partial charge in [-0.05, 0) is 38.1 Å². The SMILES string of the molecule is c1cnnc(NC[C@@H]2CN(CCN3CCCCC3)CCO2)c1. The minimum absolute atomic E-state index is 0.233. The zero-order chi connectivity index (χ0) is 15.0. The zero-order valence-electron chi connectivity index (χ0n) is 13.3. The third-order valence-electron chi connectivity index (χ3n) is 4.49. The lowest BCUT2D eigenvalue weighted by Crippen LogP contribution is -2.48. The van der Waals surface area contributed by atoms with Crippen molar-refractivity contribution >= 4 is 5.82 Å². The van der Waals surface area contributed by atoms with Crippen LogP contribution in [0.15, 0.2) is 18.3 Å². The number of aromatic nitrogens is 2. The first-order valence-corrected chi connectivity index (χ1v) is 8.48. The molecule has 0 aromatic carbocycles. The molecule has 2 fully saturated rings. The topological polar surface area (TPSA) is 53.5 Å². The van der Waals surface area contributed by atoms with Crippen LogP contribution < -0.4 is 5.32 Å². The van der Waals surface area contributed by atoms with E-state index in [4.69, 9.17) is 4.74 Å². The van der Waals surface area contributed by atoms with Crippen molar-refractivity contribution in [3.63, 3.8) is 0 Å². The van der Waals surface area contributed by atoms with Crippen molar-refractivity contribution < 1.29 is 4.74 Å². The van der Waals surface area contributed by atoms with E-state index < -0.39 is 0 Å². The van der Waals surface area contributed by atoms with E-state index in [9.17, 15) is 0 Å². The minimum atomic E-state index is 0.233. The van der Waals surface area contributed by atoms with Crippen molar-refractivity contribution in [1.82, 2.24) is 20.0 Å². The van der Waals surface area contributed by atoms with Gasteiger partial charge in [-0.15, -0.1) is 5.10 Å². The molecule has 3 heterocycles. The van der Waals surface area contributed by atoms with E-state index in [1.807, 2.05) is 12.1 Å². The average molecular weight is 305 g/mol. The summed E-state index contributed by atoms with van der Waals surface area (Å²) in [5.74, 6) is 0.816. The van der Waals surface area contributed by atoms with Crippen LogP contribution in [0.2, 0.25) is 0 Å². The molecule has 0 spiro atoms. The first kappa shape index (κ1) is 15.6. The molecule has 0 unspecified atom stereocenters. The number of hydrogen-bond acceptors (Lipinski definition) is 6. The van der Waals surface area contributed by atoms with Gasteiger partial charge in [-0.25, -0.2) is 0 Å². The van der Waals surface area contributed by atoms with Crippen LogP contribution in [0.25, 0.3) is 0 Å². The van der Waals surface area contributed by atoms with Crippen molar-refractivity contribution in [3.05, 3.63) is 18.3 Å². The van der Waals surface area contributed by atoms with Gasteiger partial charge in [0, 0.05) is 38.9 Å². The number of likely N-dealkylation sites (tertiary alicyclic amines) is 1. The van der Waals surface area contributed by atoms with Gasteiger partial charge in [0.1, 0.15) is 5.82 Å². The molecule has 1 aromatic rings. The highest BCUT2D eigenvalue weighted by Crippen LogP contribution is 2.10. The summed E-state index contributed by atoms with van der Waals surface area (Å²) in [4.78, 5) is 5.13. The number of nitrogens with zero attached hydrogens (tertiary/aromatic N) is 4. The maximum absolute atomic E-state index is 5.86. The number of rotatable bonds is 6. The Labute approximate surface area is 132 Å². The highest BCUT2D eigenvalue weighted by Gasteiger charge is 2.21. The molecule has 2 aliphatic rings. The van der Waals surface area contributed by atoms with Crippen molar-refractivity contribution in [2.75, 3.05) is 57.7 Å². The highest BCUT2D eigenvalue weighted by atomic mass is 16.5. The van der Waals surface area contributed by atoms with Crippen LogP contribution >= 0.6 is 0 Å². The van der Waals surface area contributed by atoms with Crippen LogP contribution in [0.1, 0.15) is 19.3 Å². The van der Waals surface area contributed by atoms with E-state index in [-0.39, 0.29) is 6.10 Å². The van der Waals surface area contributed by atoms with Crippen molar-refractivity contribution in [1.29, 1.82) is 0 Å². The summed E-state index contributed by atoms with van der Waals surface area (Å²) >= 11 is 0. The fraction of sp³-hybridized carbons (Fsp3) is 0.750. The number of morpholine rings is 1. The van der Waals surface area contributed by atoms with Crippen LogP contribution in [-0.4, -0.2) is 78.5 Å². The predicted molar refractivity (Wildman–Crippen MR) is 87.0 cm³/mol. The van der Waals surface area contributed by atoms with E-state index in [1.165, 1.54) is 38.9 Å². The number of piperidine rings is 1. The molecule has 1 atom stereocenters. The van der Waals surface area contributed by atoms with Gasteiger partial charge in [0.05, 0.1) is 12.7 Å². The Morgan fingerprint density at radius 1 is 1.14 bits per heavy atom. The summed E-state index contributed by atoms with van der Waals surface area (Å²) < 4.78 is 5.86. The quantitative estimate of drug-likeness (QED) is 0.849. The summed E-state index contributed by atoms with van der Waals surface area (Å²) in [5, 5.41) is 11.2. The number of anilines is 1. The Morgan fingerprint density at radius 2 is 2.00 bits per heavy atom. The van der Waals surface area contributed by atoms with E-state index in [0.717, 1.165) is 38.6 Å². The second-order valence-corrected chi connectivity index (χ2v) is 6.19. The first-order valence-electron chi connectivity index (χ1n) is 8.48. The van der Waals surface area contributed by atoms with Crippen LogP contribution in [0.4, 0.5) is 5.82 Å². The van der Waals surface area contributed by atoms with Crippen molar-refractivity contribution in [3.8, 4) is 0 Å². The summed E-state index contributed by atoms with van der Waals surface area (Å²) in [6.07, 6.45) is 6.06. The largest absolute Gasteiger partial charge is 0.374 e. The van der Waals surface area contributed by atoms with E-state index >= 15 is 0 Å². The van der Waals surface area contributed by atoms with E-state index in [2.05, 4.69) is 25.3 Å². The molecule has 2 saturated heterocycles. The molecule has 1 N–H and O–H groups in total. The molecule has 6 nitrogen and oxygen atoms in total. The summed E-state index contributed by atoms with van der Waals surface area (Å²) in [6, 6.07) is 3.83. The van der Waals surface area contributed by atoms with Gasteiger partial charge in [-0.3, -0.25) is 4.90 Å². The Bertz CT molecular complexity index is 424. The monoisotopic (exact) mass is 305 g/mol. The van der Waals surface area contributed by atoms with Gasteiger partial charge in [0.2, 0.25) is 0 Å². The Kier molecular flexibility index (Phi) is 5.98. The van der Waals surface area contributed by atoms with Crippen molar-refractivity contribution in [2.45, 2.75) is 25.4 Å². The maximum atomic E-state index is 5.86. The summed E-state index contributed by atoms with van der Waals surface area (Å²) in [6.45, 7) is 8.58. The second kappa shape index (κ2) is 8.41. The molecule has 122 valence electrons. The molecule has 0 aliphatic carbocycles. The minimum Gasteiger partial charge on any atom is -0.374 e. The van der Waals surface area contributed by atoms with Crippen LogP contribution in [0.5, 0.6) is 0 Å². The Morgan fingerprint density at radius 3 is 2.82 bits per heavy atom. The molecule has 6 heteroatoms. The lowest BCUT2D eigenvalue weighted by Gasteiger charge is -2.35. The Hall–Kier alpha value is -1.24. The van der Waals surface area contributed by atoms with Gasteiger partial charge in [-0.2, -0.15) is 5.10 Å². The number of hydrogen-bond donors (Lipinski definition) is 1. The van der Waals surface area contributed by atoms with Gasteiger partial charge in [-0.1, -0.05) is 6.42 Å². The second-order valence-electron chi connectivity index (χ2n) is 6.19. The van der Waals surface area contributed by atoms with E-state index in [1.54, 1.807) is 6.20 Å². The lowest BCUT2D eigenvalue weighted by atomic mass is 10.1. The first-order chi connectivity index (χ1) is 10.9. The molecule has 3 rings (SSSR count). The fourth-order valence-electron chi connectivity index (χ4n) is 3.19. The van der Waals surface area contributed by atoms with E-state index in [0.29, 0.717) is 0 Å². The maximum Gasteiger partial charge on any atom is 0.148 e. The van der Waals surface area contributed by atoms with Crippen LogP contribution in [-0.2, 0) is 4.74 Å². The van der Waals surface area contributed by atoms with Gasteiger partial charge >= 0.3 is 0 Å². The standard InChI is InChI=1S/C16H27N5O/c1-2-7-20(8-3-1)9-10-21-11-12-22-15(14-21)13-17-16-5-4-6-18-19-16/h4-6,15H,1-3,7-14H2,(H,17,19)/t15-/m1/s1. The molecule has 0 saturated carbocycles. The highest BCUT2D eigenvalue weighted by molar-refractivity contribution is 5.31. The third-order valence-corrected chi connectivity index (χ3v) is 4.49. The molecule has 0 amide bonds. The fourth-order valence-corrected chi connectivity index (χ4v) is 3.19. The molecule has 2 aliphatic heterocycles. The lowest BCUT2D eigenvalue weighted by molar-refractivity contribution is -0.0238. The summed E-state index contributed by atoms with van der Waals surface area (Å²) in [5.41, 5.74) is 0. The average Bonchev–Trinajstić information content (AvgIpc) is 2.60. The molecule has 1 aromatic heterocycles. The molecule has 0 bridgehead atoms. The molecular formula is C16H27N5O. The Balaban J connectivity index is 1.37. The smallest absolute Gasteiger partial charge is 0.148 e. The predicted octanol–water partition coefficient (Wildman–Crippen LogP) is 1.08. The molecule has 0 radical (unpaired) electrons. The van der Waals surface area contributed by atoms with Gasteiger partial charge in [0.15, 0.2) is 0 Å². The van der Waals surface area contributed by atoms with Gasteiger partial charge in [0.25, 0.3) is 0 Å². The number of ether oxygens (including phenoxy) is 1. The summed E-state index contributed by atoms with van der Waals surface area (Å²) in [7, 11) is 0. The molecular weight excluding hydrogens is 278 g/mol. The third kappa shape index (κ3) is 4.90. The van der Waals surface area contributed by atoms with Crippen molar-refractivity contribution in [2.24, 2.45) is 0 Å². The molecule has 22 heavy (non-hydrogen) atoms.